The zero-order valence-corrected chi connectivity index (χ0v) is 11.7. The molecule has 2 saturated carbocycles. The van der Waals surface area contributed by atoms with Gasteiger partial charge in [0.15, 0.2) is 0 Å². The summed E-state index contributed by atoms with van der Waals surface area (Å²) in [4.78, 5) is 2.72. The van der Waals surface area contributed by atoms with Gasteiger partial charge in [-0.3, -0.25) is 0 Å². The van der Waals surface area contributed by atoms with Crippen molar-refractivity contribution in [1.82, 2.24) is 4.90 Å². The van der Waals surface area contributed by atoms with Gasteiger partial charge in [0, 0.05) is 12.0 Å². The van der Waals surface area contributed by atoms with Crippen molar-refractivity contribution >= 4 is 0 Å². The van der Waals surface area contributed by atoms with Crippen LogP contribution in [0.2, 0.25) is 0 Å². The number of aliphatic hydroxyl groups is 1. The van der Waals surface area contributed by atoms with E-state index in [1.165, 1.54) is 70.9 Å². The molecule has 1 heterocycles. The standard InChI is InChI=1S/C16H29NO/c18-16-9-3-7-14(16)15-8-4-11-17(15)12-10-13-5-1-2-6-13/h13-16,18H,1-12H2. The lowest BCUT2D eigenvalue weighted by Crippen LogP contribution is -2.39. The molecule has 3 rings (SSSR count). The Balaban J connectivity index is 1.50. The van der Waals surface area contributed by atoms with E-state index in [0.29, 0.717) is 12.0 Å². The Bertz CT molecular complexity index is 262. The number of nitrogens with zero attached hydrogens (tertiary/aromatic N) is 1. The molecule has 0 aromatic heterocycles. The lowest BCUT2D eigenvalue weighted by Gasteiger charge is -2.31. The molecule has 1 aliphatic heterocycles. The van der Waals surface area contributed by atoms with E-state index in [1.807, 2.05) is 0 Å². The second kappa shape index (κ2) is 5.92. The fourth-order valence-electron chi connectivity index (χ4n) is 4.68. The molecule has 1 N–H and O–H groups in total. The molecule has 0 bridgehead atoms. The van der Waals surface area contributed by atoms with Crippen LogP contribution in [-0.2, 0) is 0 Å². The minimum absolute atomic E-state index is 0.00193. The molecular formula is C16H29NO. The van der Waals surface area contributed by atoms with E-state index >= 15 is 0 Å². The highest BCUT2D eigenvalue weighted by Gasteiger charge is 2.38. The van der Waals surface area contributed by atoms with Crippen LogP contribution < -0.4 is 0 Å². The number of rotatable bonds is 4. The molecule has 0 aromatic carbocycles. The van der Waals surface area contributed by atoms with Gasteiger partial charge in [0.25, 0.3) is 0 Å². The predicted octanol–water partition coefficient (Wildman–Crippen LogP) is 3.19. The average molecular weight is 251 g/mol. The van der Waals surface area contributed by atoms with E-state index in [4.69, 9.17) is 0 Å². The summed E-state index contributed by atoms with van der Waals surface area (Å²) >= 11 is 0. The lowest BCUT2D eigenvalue weighted by molar-refractivity contribution is 0.0725. The van der Waals surface area contributed by atoms with Gasteiger partial charge in [-0.2, -0.15) is 0 Å². The summed E-state index contributed by atoms with van der Waals surface area (Å²) in [6.07, 6.45) is 13.6. The summed E-state index contributed by atoms with van der Waals surface area (Å²) in [5.41, 5.74) is 0. The van der Waals surface area contributed by atoms with E-state index < -0.39 is 0 Å². The molecule has 3 fully saturated rings. The maximum absolute atomic E-state index is 10.1. The highest BCUT2D eigenvalue weighted by atomic mass is 16.3. The summed E-state index contributed by atoms with van der Waals surface area (Å²) in [6.45, 7) is 2.60. The van der Waals surface area contributed by atoms with Crippen molar-refractivity contribution in [3.63, 3.8) is 0 Å². The Morgan fingerprint density at radius 3 is 2.44 bits per heavy atom. The summed E-state index contributed by atoms with van der Waals surface area (Å²) in [5, 5.41) is 10.1. The number of hydrogen-bond donors (Lipinski definition) is 1. The van der Waals surface area contributed by atoms with Gasteiger partial charge >= 0.3 is 0 Å². The number of likely N-dealkylation sites (tertiary alicyclic amines) is 1. The van der Waals surface area contributed by atoms with Crippen molar-refractivity contribution in [2.45, 2.75) is 76.4 Å². The third-order valence-corrected chi connectivity index (χ3v) is 5.74. The normalized spacial score (nSPS) is 38.8. The second-order valence-electron chi connectivity index (χ2n) is 6.85. The Hall–Kier alpha value is -0.0800. The summed E-state index contributed by atoms with van der Waals surface area (Å²) in [7, 11) is 0. The molecule has 2 heteroatoms. The van der Waals surface area contributed by atoms with Gasteiger partial charge < -0.3 is 10.0 Å². The monoisotopic (exact) mass is 251 g/mol. The van der Waals surface area contributed by atoms with Crippen LogP contribution in [0.15, 0.2) is 0 Å². The average Bonchev–Trinajstić information content (AvgIpc) is 3.06. The topological polar surface area (TPSA) is 23.5 Å². The van der Waals surface area contributed by atoms with Crippen molar-refractivity contribution < 1.29 is 5.11 Å². The third-order valence-electron chi connectivity index (χ3n) is 5.74. The summed E-state index contributed by atoms with van der Waals surface area (Å²) in [5.74, 6) is 1.61. The Kier molecular flexibility index (Phi) is 4.25. The molecule has 3 unspecified atom stereocenters. The van der Waals surface area contributed by atoms with Gasteiger partial charge in [0.05, 0.1) is 6.10 Å². The molecule has 1 saturated heterocycles. The molecule has 0 spiro atoms. The van der Waals surface area contributed by atoms with E-state index in [9.17, 15) is 5.11 Å². The van der Waals surface area contributed by atoms with Gasteiger partial charge in [-0.15, -0.1) is 0 Å². The minimum atomic E-state index is 0.00193. The zero-order valence-electron chi connectivity index (χ0n) is 11.7. The molecule has 2 nitrogen and oxygen atoms in total. The maximum atomic E-state index is 10.1. The lowest BCUT2D eigenvalue weighted by atomic mass is 9.93. The predicted molar refractivity (Wildman–Crippen MR) is 74.5 cm³/mol. The van der Waals surface area contributed by atoms with Gasteiger partial charge in [0.1, 0.15) is 0 Å². The highest BCUT2D eigenvalue weighted by molar-refractivity contribution is 4.91. The fourth-order valence-corrected chi connectivity index (χ4v) is 4.68. The van der Waals surface area contributed by atoms with Gasteiger partial charge in [-0.05, 0) is 51.1 Å². The molecule has 2 aliphatic carbocycles. The van der Waals surface area contributed by atoms with Crippen LogP contribution in [0.1, 0.15) is 64.2 Å². The van der Waals surface area contributed by atoms with Crippen LogP contribution in [0.4, 0.5) is 0 Å². The van der Waals surface area contributed by atoms with Crippen LogP contribution in [0.25, 0.3) is 0 Å². The minimum Gasteiger partial charge on any atom is -0.393 e. The Labute approximate surface area is 112 Å². The van der Waals surface area contributed by atoms with Gasteiger partial charge in [-0.25, -0.2) is 0 Å². The smallest absolute Gasteiger partial charge is 0.0583 e. The molecular weight excluding hydrogens is 222 g/mol. The van der Waals surface area contributed by atoms with Crippen LogP contribution in [0, 0.1) is 11.8 Å². The largest absolute Gasteiger partial charge is 0.393 e. The van der Waals surface area contributed by atoms with Gasteiger partial charge in [-0.1, -0.05) is 32.1 Å². The van der Waals surface area contributed by atoms with Crippen molar-refractivity contribution in [3.8, 4) is 0 Å². The van der Waals surface area contributed by atoms with Crippen LogP contribution in [0.5, 0.6) is 0 Å². The number of aliphatic hydroxyl groups excluding tert-OH is 1. The SMILES string of the molecule is OC1CCCC1C1CCCN1CCC1CCCC1. The first kappa shape index (κ1) is 12.9. The van der Waals surface area contributed by atoms with E-state index in [2.05, 4.69) is 4.90 Å². The maximum Gasteiger partial charge on any atom is 0.0583 e. The molecule has 0 amide bonds. The number of hydrogen-bond acceptors (Lipinski definition) is 2. The summed E-state index contributed by atoms with van der Waals surface area (Å²) < 4.78 is 0. The Morgan fingerprint density at radius 2 is 1.72 bits per heavy atom. The van der Waals surface area contributed by atoms with Crippen molar-refractivity contribution in [2.24, 2.45) is 11.8 Å². The van der Waals surface area contributed by atoms with Crippen LogP contribution in [0.3, 0.4) is 0 Å². The highest BCUT2D eigenvalue weighted by Crippen LogP contribution is 2.36. The Morgan fingerprint density at radius 1 is 0.889 bits per heavy atom. The molecule has 18 heavy (non-hydrogen) atoms. The van der Waals surface area contributed by atoms with Crippen molar-refractivity contribution in [2.75, 3.05) is 13.1 Å². The molecule has 0 radical (unpaired) electrons. The quantitative estimate of drug-likeness (QED) is 0.829. The van der Waals surface area contributed by atoms with Crippen molar-refractivity contribution in [1.29, 1.82) is 0 Å². The molecule has 104 valence electrons. The third kappa shape index (κ3) is 2.75. The van der Waals surface area contributed by atoms with Crippen LogP contribution >= 0.6 is 0 Å². The van der Waals surface area contributed by atoms with Crippen molar-refractivity contribution in [3.05, 3.63) is 0 Å². The van der Waals surface area contributed by atoms with E-state index in [-0.39, 0.29) is 6.10 Å². The van der Waals surface area contributed by atoms with E-state index in [1.54, 1.807) is 0 Å². The first-order valence-corrected chi connectivity index (χ1v) is 8.27. The van der Waals surface area contributed by atoms with Crippen LogP contribution in [-0.4, -0.2) is 35.2 Å². The zero-order chi connectivity index (χ0) is 12.4. The molecule has 3 atom stereocenters. The van der Waals surface area contributed by atoms with E-state index in [0.717, 1.165) is 12.3 Å². The second-order valence-corrected chi connectivity index (χ2v) is 6.85. The van der Waals surface area contributed by atoms with Gasteiger partial charge in [0.2, 0.25) is 0 Å². The fraction of sp³-hybridized carbons (Fsp3) is 1.00. The molecule has 0 aromatic rings. The molecule has 3 aliphatic rings. The summed E-state index contributed by atoms with van der Waals surface area (Å²) in [6, 6.07) is 0.712. The first-order chi connectivity index (χ1) is 8.84. The first-order valence-electron chi connectivity index (χ1n) is 8.27.